The summed E-state index contributed by atoms with van der Waals surface area (Å²) in [5.74, 6) is 1.13. The predicted molar refractivity (Wildman–Crippen MR) is 96.4 cm³/mol. The van der Waals surface area contributed by atoms with Gasteiger partial charge >= 0.3 is 0 Å². The number of benzene rings is 2. The van der Waals surface area contributed by atoms with Gasteiger partial charge in [-0.1, -0.05) is 18.2 Å². The molecular formula is C18H18N2O3S. The molecule has 2 aromatic carbocycles. The first-order valence-corrected chi connectivity index (χ1v) is 8.58. The SMILES string of the molecule is COc1cccc(N2C(=O)CS[C@@H]2c2ccc(NC(C)=O)cc2)c1. The Balaban J connectivity index is 1.88. The number of methoxy groups -OCH3 is 1. The fraction of sp³-hybridized carbons (Fsp3) is 0.222. The van der Waals surface area contributed by atoms with E-state index in [2.05, 4.69) is 5.32 Å². The van der Waals surface area contributed by atoms with Gasteiger partial charge in [0.25, 0.3) is 0 Å². The number of carbonyl (C=O) groups excluding carboxylic acids is 2. The first-order chi connectivity index (χ1) is 11.6. The molecule has 6 heteroatoms. The molecule has 2 amide bonds. The Kier molecular flexibility index (Phi) is 4.76. The molecule has 124 valence electrons. The molecule has 0 aromatic heterocycles. The van der Waals surface area contributed by atoms with Gasteiger partial charge in [0.1, 0.15) is 11.1 Å². The van der Waals surface area contributed by atoms with Crippen molar-refractivity contribution in [2.45, 2.75) is 12.3 Å². The number of nitrogens with zero attached hydrogens (tertiary/aromatic N) is 1. The number of nitrogens with one attached hydrogen (secondary N) is 1. The summed E-state index contributed by atoms with van der Waals surface area (Å²) in [5, 5.41) is 2.66. The molecule has 2 aromatic rings. The molecule has 1 aliphatic heterocycles. The smallest absolute Gasteiger partial charge is 0.238 e. The normalized spacial score (nSPS) is 17.0. The van der Waals surface area contributed by atoms with Gasteiger partial charge in [0.05, 0.1) is 12.9 Å². The van der Waals surface area contributed by atoms with Crippen LogP contribution in [0.3, 0.4) is 0 Å². The first-order valence-electron chi connectivity index (χ1n) is 7.54. The van der Waals surface area contributed by atoms with Crippen molar-refractivity contribution in [2.75, 3.05) is 23.1 Å². The molecule has 1 saturated heterocycles. The molecule has 0 radical (unpaired) electrons. The number of carbonyl (C=O) groups is 2. The zero-order valence-corrected chi connectivity index (χ0v) is 14.3. The fourth-order valence-electron chi connectivity index (χ4n) is 2.64. The van der Waals surface area contributed by atoms with Crippen molar-refractivity contribution < 1.29 is 14.3 Å². The highest BCUT2D eigenvalue weighted by Crippen LogP contribution is 2.42. The quantitative estimate of drug-likeness (QED) is 0.925. The topological polar surface area (TPSA) is 58.6 Å². The van der Waals surface area contributed by atoms with Crippen LogP contribution in [-0.4, -0.2) is 24.7 Å². The lowest BCUT2D eigenvalue weighted by atomic mass is 10.1. The van der Waals surface area contributed by atoms with Gasteiger partial charge in [-0.25, -0.2) is 0 Å². The molecule has 1 heterocycles. The molecule has 0 bridgehead atoms. The summed E-state index contributed by atoms with van der Waals surface area (Å²) in [5.41, 5.74) is 2.58. The van der Waals surface area contributed by atoms with Crippen LogP contribution in [0.2, 0.25) is 0 Å². The average molecular weight is 342 g/mol. The standard InChI is InChI=1S/C18H18N2O3S/c1-12(21)19-14-8-6-13(7-9-14)18-20(17(22)11-24-18)15-4-3-5-16(10-15)23-2/h3-10,18H,11H2,1-2H3,(H,19,21)/t18-/m1/s1. The van der Waals surface area contributed by atoms with E-state index in [9.17, 15) is 9.59 Å². The second kappa shape index (κ2) is 6.97. The van der Waals surface area contributed by atoms with E-state index in [0.717, 1.165) is 22.7 Å². The van der Waals surface area contributed by atoms with Crippen molar-refractivity contribution in [3.8, 4) is 5.75 Å². The number of thioether (sulfide) groups is 1. The van der Waals surface area contributed by atoms with E-state index in [1.165, 1.54) is 6.92 Å². The number of anilines is 2. The Hall–Kier alpha value is -2.47. The second-order valence-corrected chi connectivity index (χ2v) is 6.50. The van der Waals surface area contributed by atoms with Crippen molar-refractivity contribution >= 4 is 35.0 Å². The van der Waals surface area contributed by atoms with E-state index in [-0.39, 0.29) is 17.2 Å². The molecule has 24 heavy (non-hydrogen) atoms. The van der Waals surface area contributed by atoms with Crippen molar-refractivity contribution in [3.05, 3.63) is 54.1 Å². The third kappa shape index (κ3) is 3.38. The number of amides is 2. The Morgan fingerprint density at radius 3 is 2.67 bits per heavy atom. The Bertz CT molecular complexity index is 761. The molecule has 5 nitrogen and oxygen atoms in total. The maximum atomic E-state index is 12.4. The molecule has 0 saturated carbocycles. The van der Waals surface area contributed by atoms with Gasteiger partial charge in [-0.15, -0.1) is 11.8 Å². The zero-order valence-electron chi connectivity index (χ0n) is 13.5. The number of rotatable bonds is 4. The molecular weight excluding hydrogens is 324 g/mol. The van der Waals surface area contributed by atoms with Crippen molar-refractivity contribution in [3.63, 3.8) is 0 Å². The van der Waals surface area contributed by atoms with Gasteiger partial charge in [-0.3, -0.25) is 14.5 Å². The van der Waals surface area contributed by atoms with Crippen LogP contribution in [0.4, 0.5) is 11.4 Å². The van der Waals surface area contributed by atoms with E-state index < -0.39 is 0 Å². The van der Waals surface area contributed by atoms with Crippen LogP contribution in [0.5, 0.6) is 5.75 Å². The van der Waals surface area contributed by atoms with Crippen molar-refractivity contribution in [2.24, 2.45) is 0 Å². The van der Waals surface area contributed by atoms with Gasteiger partial charge < -0.3 is 10.1 Å². The molecule has 3 rings (SSSR count). The predicted octanol–water partition coefficient (Wildman–Crippen LogP) is 3.43. The summed E-state index contributed by atoms with van der Waals surface area (Å²) >= 11 is 1.59. The fourth-order valence-corrected chi connectivity index (χ4v) is 3.82. The highest BCUT2D eigenvalue weighted by molar-refractivity contribution is 8.00. The van der Waals surface area contributed by atoms with Crippen LogP contribution in [0, 0.1) is 0 Å². The lowest BCUT2D eigenvalue weighted by Gasteiger charge is -2.25. The van der Waals surface area contributed by atoms with Crippen LogP contribution in [0.1, 0.15) is 17.9 Å². The molecule has 1 fully saturated rings. The number of hydrogen-bond donors (Lipinski definition) is 1. The minimum absolute atomic E-state index is 0.0733. The summed E-state index contributed by atoms with van der Waals surface area (Å²) < 4.78 is 5.26. The third-order valence-corrected chi connectivity index (χ3v) is 4.93. The average Bonchev–Trinajstić information content (AvgIpc) is 2.96. The Morgan fingerprint density at radius 2 is 2.00 bits per heavy atom. The van der Waals surface area contributed by atoms with Gasteiger partial charge in [0.2, 0.25) is 11.8 Å². The summed E-state index contributed by atoms with van der Waals surface area (Å²) in [6, 6.07) is 15.1. The zero-order chi connectivity index (χ0) is 17.1. The molecule has 0 aliphatic carbocycles. The van der Waals surface area contributed by atoms with Crippen LogP contribution < -0.4 is 15.0 Å². The Morgan fingerprint density at radius 1 is 1.25 bits per heavy atom. The van der Waals surface area contributed by atoms with E-state index >= 15 is 0 Å². The van der Waals surface area contributed by atoms with Gasteiger partial charge in [0.15, 0.2) is 0 Å². The van der Waals surface area contributed by atoms with E-state index in [0.29, 0.717) is 5.75 Å². The lowest BCUT2D eigenvalue weighted by molar-refractivity contribution is -0.116. The molecule has 0 unspecified atom stereocenters. The summed E-state index contributed by atoms with van der Waals surface area (Å²) in [4.78, 5) is 25.3. The first kappa shape index (κ1) is 16.4. The third-order valence-electron chi connectivity index (χ3n) is 3.72. The number of hydrogen-bond acceptors (Lipinski definition) is 4. The Labute approximate surface area is 145 Å². The molecule has 1 aliphatic rings. The molecule has 1 N–H and O–H groups in total. The van der Waals surface area contributed by atoms with Gasteiger partial charge in [0, 0.05) is 24.4 Å². The van der Waals surface area contributed by atoms with Crippen molar-refractivity contribution in [1.82, 2.24) is 0 Å². The highest BCUT2D eigenvalue weighted by atomic mass is 32.2. The maximum Gasteiger partial charge on any atom is 0.238 e. The highest BCUT2D eigenvalue weighted by Gasteiger charge is 2.34. The second-order valence-electron chi connectivity index (χ2n) is 5.43. The summed E-state index contributed by atoms with van der Waals surface area (Å²) in [6.45, 7) is 1.48. The minimum atomic E-state index is -0.105. The molecule has 0 spiro atoms. The minimum Gasteiger partial charge on any atom is -0.497 e. The van der Waals surface area contributed by atoms with E-state index in [1.54, 1.807) is 23.8 Å². The monoisotopic (exact) mass is 342 g/mol. The van der Waals surface area contributed by atoms with Gasteiger partial charge in [-0.05, 0) is 29.8 Å². The van der Waals surface area contributed by atoms with Crippen LogP contribution >= 0.6 is 11.8 Å². The number of ether oxygens (including phenoxy) is 1. The van der Waals surface area contributed by atoms with E-state index in [4.69, 9.17) is 4.74 Å². The van der Waals surface area contributed by atoms with Gasteiger partial charge in [-0.2, -0.15) is 0 Å². The van der Waals surface area contributed by atoms with E-state index in [1.807, 2.05) is 48.5 Å². The maximum absolute atomic E-state index is 12.4. The van der Waals surface area contributed by atoms with Crippen LogP contribution in [-0.2, 0) is 9.59 Å². The van der Waals surface area contributed by atoms with Crippen molar-refractivity contribution in [1.29, 1.82) is 0 Å². The van der Waals surface area contributed by atoms with Crippen LogP contribution in [0.15, 0.2) is 48.5 Å². The molecule has 1 atom stereocenters. The van der Waals surface area contributed by atoms with Crippen LogP contribution in [0.25, 0.3) is 0 Å². The summed E-state index contributed by atoms with van der Waals surface area (Å²) in [6.07, 6.45) is 0. The largest absolute Gasteiger partial charge is 0.497 e. The lowest BCUT2D eigenvalue weighted by Crippen LogP contribution is -2.27. The summed E-state index contributed by atoms with van der Waals surface area (Å²) in [7, 11) is 1.61.